The highest BCUT2D eigenvalue weighted by Gasteiger charge is 2.09. The van der Waals surface area contributed by atoms with E-state index in [1.54, 1.807) is 18.2 Å². The molecule has 2 aromatic carbocycles. The molecule has 116 valence electrons. The third-order valence-electron chi connectivity index (χ3n) is 3.23. The number of rotatable bonds is 7. The summed E-state index contributed by atoms with van der Waals surface area (Å²) in [5.41, 5.74) is 0.561. The summed E-state index contributed by atoms with van der Waals surface area (Å²) in [6.45, 7) is 2.28. The monoisotopic (exact) mass is 301 g/mol. The summed E-state index contributed by atoms with van der Waals surface area (Å²) >= 11 is 0. The smallest absolute Gasteiger partial charge is 0.220 e. The summed E-state index contributed by atoms with van der Waals surface area (Å²) in [6, 6.07) is 15.9. The van der Waals surface area contributed by atoms with Crippen LogP contribution < -0.4 is 10.1 Å². The molecular formula is C18H20FNO2. The molecule has 0 aliphatic heterocycles. The summed E-state index contributed by atoms with van der Waals surface area (Å²) in [7, 11) is 0. The van der Waals surface area contributed by atoms with Crippen LogP contribution in [-0.2, 0) is 11.2 Å². The van der Waals surface area contributed by atoms with Gasteiger partial charge in [0, 0.05) is 6.42 Å². The lowest BCUT2D eigenvalue weighted by atomic mass is 10.1. The molecule has 0 fully saturated rings. The first-order valence-corrected chi connectivity index (χ1v) is 7.36. The van der Waals surface area contributed by atoms with Gasteiger partial charge in [0.25, 0.3) is 0 Å². The molecule has 2 aromatic rings. The first-order valence-electron chi connectivity index (χ1n) is 7.36. The molecular weight excluding hydrogens is 281 g/mol. The van der Waals surface area contributed by atoms with Crippen LogP contribution >= 0.6 is 0 Å². The number of ether oxygens (including phenoxy) is 1. The Morgan fingerprint density at radius 3 is 2.55 bits per heavy atom. The van der Waals surface area contributed by atoms with Gasteiger partial charge in [-0.15, -0.1) is 0 Å². The van der Waals surface area contributed by atoms with E-state index >= 15 is 0 Å². The van der Waals surface area contributed by atoms with Crippen LogP contribution in [0, 0.1) is 5.82 Å². The van der Waals surface area contributed by atoms with Gasteiger partial charge in [-0.3, -0.25) is 4.79 Å². The van der Waals surface area contributed by atoms with Crippen LogP contribution in [0.3, 0.4) is 0 Å². The molecule has 0 heterocycles. The molecule has 0 bridgehead atoms. The molecule has 1 atom stereocenters. The zero-order valence-electron chi connectivity index (χ0n) is 12.6. The van der Waals surface area contributed by atoms with E-state index in [0.717, 1.165) is 5.75 Å². The van der Waals surface area contributed by atoms with Crippen molar-refractivity contribution in [3.63, 3.8) is 0 Å². The summed E-state index contributed by atoms with van der Waals surface area (Å²) in [4.78, 5) is 11.9. The second kappa shape index (κ2) is 8.17. The van der Waals surface area contributed by atoms with Crippen molar-refractivity contribution in [3.05, 3.63) is 66.0 Å². The summed E-state index contributed by atoms with van der Waals surface area (Å²) in [5.74, 6) is 0.401. The average Bonchev–Trinajstić information content (AvgIpc) is 2.53. The maximum atomic E-state index is 13.5. The summed E-state index contributed by atoms with van der Waals surface area (Å²) < 4.78 is 19.0. The number of aryl methyl sites for hydroxylation is 1. The second-order valence-electron chi connectivity index (χ2n) is 5.18. The maximum absolute atomic E-state index is 13.5. The van der Waals surface area contributed by atoms with Crippen LogP contribution in [0.2, 0.25) is 0 Å². The predicted molar refractivity (Wildman–Crippen MR) is 84.3 cm³/mol. The Morgan fingerprint density at radius 2 is 1.82 bits per heavy atom. The molecule has 1 N–H and O–H groups in total. The van der Waals surface area contributed by atoms with Gasteiger partial charge in [-0.2, -0.15) is 0 Å². The molecule has 2 rings (SSSR count). The fourth-order valence-electron chi connectivity index (χ4n) is 2.08. The lowest BCUT2D eigenvalue weighted by Crippen LogP contribution is -2.36. The van der Waals surface area contributed by atoms with E-state index in [1.165, 1.54) is 6.07 Å². The van der Waals surface area contributed by atoms with Crippen LogP contribution in [0.25, 0.3) is 0 Å². The quantitative estimate of drug-likeness (QED) is 0.852. The number of benzene rings is 2. The normalized spacial score (nSPS) is 11.7. The van der Waals surface area contributed by atoms with Crippen molar-refractivity contribution in [1.29, 1.82) is 0 Å². The van der Waals surface area contributed by atoms with E-state index in [0.29, 0.717) is 18.6 Å². The van der Waals surface area contributed by atoms with Gasteiger partial charge in [0.05, 0.1) is 6.04 Å². The van der Waals surface area contributed by atoms with Gasteiger partial charge in [-0.05, 0) is 37.1 Å². The average molecular weight is 301 g/mol. The van der Waals surface area contributed by atoms with Crippen molar-refractivity contribution in [2.24, 2.45) is 0 Å². The fraction of sp³-hybridized carbons (Fsp3) is 0.278. The molecule has 0 aliphatic carbocycles. The molecule has 4 heteroatoms. The Hall–Kier alpha value is -2.36. The number of carbonyl (C=O) groups excluding carboxylic acids is 1. The largest absolute Gasteiger partial charge is 0.491 e. The van der Waals surface area contributed by atoms with Crippen molar-refractivity contribution in [3.8, 4) is 5.75 Å². The maximum Gasteiger partial charge on any atom is 0.220 e. The minimum atomic E-state index is -0.268. The number of hydrogen-bond acceptors (Lipinski definition) is 2. The molecule has 3 nitrogen and oxygen atoms in total. The molecule has 0 saturated carbocycles. The predicted octanol–water partition coefficient (Wildman–Crippen LogP) is 3.34. The Bertz CT molecular complexity index is 601. The second-order valence-corrected chi connectivity index (χ2v) is 5.18. The van der Waals surface area contributed by atoms with Gasteiger partial charge >= 0.3 is 0 Å². The highest BCUT2D eigenvalue weighted by Crippen LogP contribution is 2.10. The Kier molecular flexibility index (Phi) is 5.95. The molecule has 0 aromatic heterocycles. The van der Waals surface area contributed by atoms with E-state index < -0.39 is 0 Å². The van der Waals surface area contributed by atoms with Gasteiger partial charge in [-0.25, -0.2) is 4.39 Å². The van der Waals surface area contributed by atoms with Crippen molar-refractivity contribution < 1.29 is 13.9 Å². The van der Waals surface area contributed by atoms with E-state index in [9.17, 15) is 9.18 Å². The van der Waals surface area contributed by atoms with Gasteiger partial charge in [0.15, 0.2) is 0 Å². The fourth-order valence-corrected chi connectivity index (χ4v) is 2.08. The minimum Gasteiger partial charge on any atom is -0.491 e. The first-order chi connectivity index (χ1) is 10.6. The highest BCUT2D eigenvalue weighted by molar-refractivity contribution is 5.76. The van der Waals surface area contributed by atoms with E-state index in [2.05, 4.69) is 5.32 Å². The number of para-hydroxylation sites is 1. The summed E-state index contributed by atoms with van der Waals surface area (Å²) in [5, 5.41) is 2.85. The zero-order valence-corrected chi connectivity index (χ0v) is 12.6. The Morgan fingerprint density at radius 1 is 1.14 bits per heavy atom. The van der Waals surface area contributed by atoms with E-state index in [1.807, 2.05) is 37.3 Å². The lowest BCUT2D eigenvalue weighted by molar-refractivity contribution is -0.121. The van der Waals surface area contributed by atoms with Crippen molar-refractivity contribution in [2.45, 2.75) is 25.8 Å². The molecule has 0 radical (unpaired) electrons. The van der Waals surface area contributed by atoms with E-state index in [-0.39, 0.29) is 24.2 Å². The topological polar surface area (TPSA) is 38.3 Å². The van der Waals surface area contributed by atoms with E-state index in [4.69, 9.17) is 4.74 Å². The third kappa shape index (κ3) is 5.20. The minimum absolute atomic E-state index is 0.103. The van der Waals surface area contributed by atoms with Crippen molar-refractivity contribution in [2.75, 3.05) is 6.61 Å². The van der Waals surface area contributed by atoms with Crippen LogP contribution in [0.1, 0.15) is 18.9 Å². The Labute approximate surface area is 130 Å². The first kappa shape index (κ1) is 16.0. The van der Waals surface area contributed by atoms with Crippen LogP contribution in [0.4, 0.5) is 4.39 Å². The molecule has 1 unspecified atom stereocenters. The molecule has 0 saturated heterocycles. The number of hydrogen-bond donors (Lipinski definition) is 1. The zero-order chi connectivity index (χ0) is 15.8. The van der Waals surface area contributed by atoms with Crippen molar-refractivity contribution >= 4 is 5.91 Å². The van der Waals surface area contributed by atoms with Gasteiger partial charge < -0.3 is 10.1 Å². The highest BCUT2D eigenvalue weighted by atomic mass is 19.1. The van der Waals surface area contributed by atoms with Crippen LogP contribution in [0.5, 0.6) is 5.75 Å². The SMILES string of the molecule is CC(COc1ccccc1)NC(=O)CCc1ccccc1F. The number of carbonyl (C=O) groups is 1. The molecule has 1 amide bonds. The number of nitrogens with one attached hydrogen (secondary N) is 1. The summed E-state index contributed by atoms with van der Waals surface area (Å²) in [6.07, 6.45) is 0.654. The molecule has 22 heavy (non-hydrogen) atoms. The van der Waals surface area contributed by atoms with Gasteiger partial charge in [0.1, 0.15) is 18.2 Å². The van der Waals surface area contributed by atoms with Gasteiger partial charge in [0.2, 0.25) is 5.91 Å². The van der Waals surface area contributed by atoms with Gasteiger partial charge in [-0.1, -0.05) is 36.4 Å². The molecule has 0 spiro atoms. The number of amides is 1. The van der Waals surface area contributed by atoms with Crippen molar-refractivity contribution in [1.82, 2.24) is 5.32 Å². The lowest BCUT2D eigenvalue weighted by Gasteiger charge is -2.15. The number of halogens is 1. The van der Waals surface area contributed by atoms with Crippen LogP contribution in [0.15, 0.2) is 54.6 Å². The molecule has 0 aliphatic rings. The standard InChI is InChI=1S/C18H20FNO2/c1-14(13-22-16-8-3-2-4-9-16)20-18(21)12-11-15-7-5-6-10-17(15)19/h2-10,14H,11-13H2,1H3,(H,20,21). The van der Waals surface area contributed by atoms with Crippen LogP contribution in [-0.4, -0.2) is 18.6 Å². The Balaban J connectivity index is 1.71. The third-order valence-corrected chi connectivity index (χ3v) is 3.23.